The first-order chi connectivity index (χ1) is 8.58. The SMILES string of the molecule is CC1C2NC(=O)C(c3ccc(F)cc3)=CC12CBr. The fourth-order valence-electron chi connectivity index (χ4n) is 2.78. The summed E-state index contributed by atoms with van der Waals surface area (Å²) in [6.45, 7) is 2.14. The van der Waals surface area contributed by atoms with Gasteiger partial charge >= 0.3 is 0 Å². The van der Waals surface area contributed by atoms with Gasteiger partial charge in [0.05, 0.1) is 0 Å². The fraction of sp³-hybridized carbons (Fsp3) is 0.357. The molecule has 1 aromatic rings. The van der Waals surface area contributed by atoms with Crippen molar-refractivity contribution in [1.29, 1.82) is 0 Å². The average molecular weight is 310 g/mol. The number of rotatable bonds is 2. The molecule has 2 aliphatic rings. The second-order valence-electron chi connectivity index (χ2n) is 5.05. The van der Waals surface area contributed by atoms with Gasteiger partial charge in [-0.05, 0) is 23.6 Å². The smallest absolute Gasteiger partial charge is 0.251 e. The van der Waals surface area contributed by atoms with Crippen molar-refractivity contribution < 1.29 is 9.18 Å². The fourth-order valence-corrected chi connectivity index (χ4v) is 3.80. The molecule has 3 rings (SSSR count). The zero-order valence-electron chi connectivity index (χ0n) is 9.91. The van der Waals surface area contributed by atoms with E-state index in [0.29, 0.717) is 11.5 Å². The molecule has 1 aliphatic carbocycles. The van der Waals surface area contributed by atoms with Crippen molar-refractivity contribution in [3.63, 3.8) is 0 Å². The Morgan fingerprint density at radius 1 is 1.39 bits per heavy atom. The van der Waals surface area contributed by atoms with Crippen molar-refractivity contribution in [2.24, 2.45) is 11.3 Å². The van der Waals surface area contributed by atoms with Crippen LogP contribution >= 0.6 is 15.9 Å². The van der Waals surface area contributed by atoms with Crippen LogP contribution in [-0.4, -0.2) is 17.3 Å². The molecule has 0 bridgehead atoms. The highest BCUT2D eigenvalue weighted by molar-refractivity contribution is 9.09. The maximum absolute atomic E-state index is 12.9. The maximum atomic E-state index is 12.9. The molecule has 1 saturated carbocycles. The highest BCUT2D eigenvalue weighted by Crippen LogP contribution is 2.57. The van der Waals surface area contributed by atoms with Crippen molar-refractivity contribution >= 4 is 27.4 Å². The molecule has 1 amide bonds. The largest absolute Gasteiger partial charge is 0.348 e. The van der Waals surface area contributed by atoms with Gasteiger partial charge in [0.25, 0.3) is 5.91 Å². The van der Waals surface area contributed by atoms with Crippen LogP contribution in [-0.2, 0) is 4.79 Å². The zero-order chi connectivity index (χ0) is 12.9. The summed E-state index contributed by atoms with van der Waals surface area (Å²) < 4.78 is 12.9. The molecule has 0 radical (unpaired) electrons. The molecule has 0 aromatic heterocycles. The van der Waals surface area contributed by atoms with E-state index in [9.17, 15) is 9.18 Å². The highest BCUT2D eigenvalue weighted by atomic mass is 79.9. The molecule has 94 valence electrons. The van der Waals surface area contributed by atoms with Crippen LogP contribution in [0.4, 0.5) is 4.39 Å². The van der Waals surface area contributed by atoms with Crippen LogP contribution < -0.4 is 5.32 Å². The number of alkyl halides is 1. The second kappa shape index (κ2) is 3.92. The summed E-state index contributed by atoms with van der Waals surface area (Å²) >= 11 is 3.52. The van der Waals surface area contributed by atoms with Crippen molar-refractivity contribution in [2.45, 2.75) is 13.0 Å². The quantitative estimate of drug-likeness (QED) is 0.836. The first-order valence-electron chi connectivity index (χ1n) is 5.94. The first-order valence-corrected chi connectivity index (χ1v) is 7.06. The van der Waals surface area contributed by atoms with Gasteiger partial charge in [0.1, 0.15) is 5.82 Å². The number of halogens is 2. The number of hydrogen-bond donors (Lipinski definition) is 1. The van der Waals surface area contributed by atoms with Gasteiger partial charge < -0.3 is 5.32 Å². The number of carbonyl (C=O) groups excluding carboxylic acids is 1. The summed E-state index contributed by atoms with van der Waals surface area (Å²) in [6, 6.07) is 6.29. The van der Waals surface area contributed by atoms with E-state index in [0.717, 1.165) is 10.9 Å². The lowest BCUT2D eigenvalue weighted by molar-refractivity contribution is -0.116. The summed E-state index contributed by atoms with van der Waals surface area (Å²) in [6.07, 6.45) is 2.04. The second-order valence-corrected chi connectivity index (χ2v) is 5.61. The monoisotopic (exact) mass is 309 g/mol. The van der Waals surface area contributed by atoms with Crippen LogP contribution in [0, 0.1) is 17.2 Å². The Kier molecular flexibility index (Phi) is 2.59. The van der Waals surface area contributed by atoms with Gasteiger partial charge in [-0.25, -0.2) is 4.39 Å². The van der Waals surface area contributed by atoms with E-state index in [4.69, 9.17) is 0 Å². The van der Waals surface area contributed by atoms with E-state index in [1.54, 1.807) is 12.1 Å². The molecule has 1 heterocycles. The molecule has 0 spiro atoms. The molecule has 1 aliphatic heterocycles. The first kappa shape index (κ1) is 11.9. The van der Waals surface area contributed by atoms with Crippen molar-refractivity contribution in [3.8, 4) is 0 Å². The van der Waals surface area contributed by atoms with Gasteiger partial charge in [-0.2, -0.15) is 0 Å². The van der Waals surface area contributed by atoms with Gasteiger partial charge in [-0.3, -0.25) is 4.79 Å². The molecule has 1 aromatic carbocycles. The van der Waals surface area contributed by atoms with Crippen LogP contribution in [0.2, 0.25) is 0 Å². The van der Waals surface area contributed by atoms with E-state index < -0.39 is 0 Å². The molecule has 18 heavy (non-hydrogen) atoms. The number of carbonyl (C=O) groups is 1. The van der Waals surface area contributed by atoms with Gasteiger partial charge in [0, 0.05) is 22.4 Å². The minimum absolute atomic E-state index is 0.0254. The van der Waals surface area contributed by atoms with Crippen molar-refractivity contribution in [3.05, 3.63) is 41.7 Å². The van der Waals surface area contributed by atoms with Crippen LogP contribution in [0.5, 0.6) is 0 Å². The van der Waals surface area contributed by atoms with E-state index in [2.05, 4.69) is 28.2 Å². The predicted octanol–water partition coefficient (Wildman–Crippen LogP) is 2.74. The molecular formula is C14H13BrFNO. The number of fused-ring (bicyclic) bond motifs is 1. The Labute approximate surface area is 113 Å². The lowest BCUT2D eigenvalue weighted by Crippen LogP contribution is -2.34. The molecule has 4 heteroatoms. The van der Waals surface area contributed by atoms with Crippen LogP contribution in [0.25, 0.3) is 5.57 Å². The molecule has 3 unspecified atom stereocenters. The van der Waals surface area contributed by atoms with E-state index >= 15 is 0 Å². The normalized spacial score (nSPS) is 33.5. The van der Waals surface area contributed by atoms with Gasteiger partial charge in [0.2, 0.25) is 0 Å². The highest BCUT2D eigenvalue weighted by Gasteiger charge is 2.62. The molecule has 0 saturated heterocycles. The van der Waals surface area contributed by atoms with E-state index in [1.165, 1.54) is 12.1 Å². The summed E-state index contributed by atoms with van der Waals surface area (Å²) in [4.78, 5) is 12.0. The number of benzene rings is 1. The lowest BCUT2D eigenvalue weighted by Gasteiger charge is -2.19. The van der Waals surface area contributed by atoms with Gasteiger partial charge in [-0.1, -0.05) is 41.1 Å². The van der Waals surface area contributed by atoms with E-state index in [1.807, 2.05) is 6.08 Å². The lowest BCUT2D eigenvalue weighted by atomic mass is 9.94. The Bertz CT molecular complexity index is 539. The van der Waals surface area contributed by atoms with Crippen molar-refractivity contribution in [2.75, 3.05) is 5.33 Å². The Morgan fingerprint density at radius 2 is 2.06 bits per heavy atom. The number of nitrogens with one attached hydrogen (secondary N) is 1. The molecular weight excluding hydrogens is 297 g/mol. The van der Waals surface area contributed by atoms with Crippen LogP contribution in [0.3, 0.4) is 0 Å². The summed E-state index contributed by atoms with van der Waals surface area (Å²) in [5.74, 6) is 0.0924. The van der Waals surface area contributed by atoms with Crippen LogP contribution in [0.15, 0.2) is 30.3 Å². The zero-order valence-corrected chi connectivity index (χ0v) is 11.5. The number of amides is 1. The topological polar surface area (TPSA) is 29.1 Å². The molecule has 1 N–H and O–H groups in total. The van der Waals surface area contributed by atoms with Crippen molar-refractivity contribution in [1.82, 2.24) is 5.32 Å². The third-order valence-electron chi connectivity index (χ3n) is 4.15. The van der Waals surface area contributed by atoms with Gasteiger partial charge in [-0.15, -0.1) is 0 Å². The average Bonchev–Trinajstić information content (AvgIpc) is 2.95. The molecule has 3 atom stereocenters. The van der Waals surface area contributed by atoms with E-state index in [-0.39, 0.29) is 23.2 Å². The van der Waals surface area contributed by atoms with Gasteiger partial charge in [0.15, 0.2) is 0 Å². The Hall–Kier alpha value is -1.16. The minimum Gasteiger partial charge on any atom is -0.348 e. The molecule has 1 fully saturated rings. The summed E-state index contributed by atoms with van der Waals surface area (Å²) in [7, 11) is 0. The number of hydrogen-bond acceptors (Lipinski definition) is 1. The third-order valence-corrected chi connectivity index (χ3v) is 5.12. The summed E-state index contributed by atoms with van der Waals surface area (Å²) in [5, 5.41) is 3.86. The molecule has 2 nitrogen and oxygen atoms in total. The third kappa shape index (κ3) is 1.55. The Balaban J connectivity index is 2.03. The predicted molar refractivity (Wildman–Crippen MR) is 71.7 cm³/mol. The minimum atomic E-state index is -0.288. The van der Waals surface area contributed by atoms with Crippen LogP contribution in [0.1, 0.15) is 12.5 Å². The summed E-state index contributed by atoms with van der Waals surface area (Å²) in [5.41, 5.74) is 1.44. The standard InChI is InChI=1S/C14H13BrFNO/c1-8-12-14(8,7-15)6-11(13(18)17-12)9-2-4-10(16)5-3-9/h2-6,8,12H,7H2,1H3,(H,17,18). The maximum Gasteiger partial charge on any atom is 0.251 e. The Morgan fingerprint density at radius 3 is 2.67 bits per heavy atom.